The van der Waals surface area contributed by atoms with E-state index in [0.29, 0.717) is 23.6 Å². The molecule has 15 heavy (non-hydrogen) atoms. The van der Waals surface area contributed by atoms with Gasteiger partial charge in [-0.1, -0.05) is 11.6 Å². The highest BCUT2D eigenvalue weighted by atomic mass is 35.5. The minimum atomic E-state index is 0.0110. The monoisotopic (exact) mass is 227 g/mol. The van der Waals surface area contributed by atoms with Gasteiger partial charge in [0.15, 0.2) is 5.78 Å². The van der Waals surface area contributed by atoms with Gasteiger partial charge in [0, 0.05) is 18.7 Å². The van der Waals surface area contributed by atoms with Crippen LogP contribution >= 0.6 is 11.6 Å². The van der Waals surface area contributed by atoms with Crippen LogP contribution in [0.1, 0.15) is 23.7 Å². The number of halogens is 1. The predicted molar refractivity (Wildman–Crippen MR) is 61.6 cm³/mol. The molecule has 3 nitrogen and oxygen atoms in total. The summed E-state index contributed by atoms with van der Waals surface area (Å²) in [6.45, 7) is 2.29. The predicted octanol–water partition coefficient (Wildman–Crippen LogP) is 2.34. The smallest absolute Gasteiger partial charge is 0.159 e. The Morgan fingerprint density at radius 2 is 2.27 bits per heavy atom. The van der Waals surface area contributed by atoms with E-state index in [-0.39, 0.29) is 12.4 Å². The maximum atomic E-state index is 11.1. The first-order valence-electron chi connectivity index (χ1n) is 4.80. The van der Waals surface area contributed by atoms with Gasteiger partial charge >= 0.3 is 0 Å². The van der Waals surface area contributed by atoms with Crippen LogP contribution in [0.3, 0.4) is 0 Å². The minimum Gasteiger partial charge on any atom is -0.396 e. The number of ketones is 1. The largest absolute Gasteiger partial charge is 0.396 e. The van der Waals surface area contributed by atoms with Gasteiger partial charge < -0.3 is 10.4 Å². The molecule has 0 saturated heterocycles. The van der Waals surface area contributed by atoms with E-state index >= 15 is 0 Å². The third-order valence-corrected chi connectivity index (χ3v) is 2.35. The summed E-state index contributed by atoms with van der Waals surface area (Å²) in [5.41, 5.74) is 1.36. The number of hydrogen-bond donors (Lipinski definition) is 2. The summed E-state index contributed by atoms with van der Waals surface area (Å²) in [7, 11) is 0. The summed E-state index contributed by atoms with van der Waals surface area (Å²) < 4.78 is 0. The molecule has 82 valence electrons. The van der Waals surface area contributed by atoms with Gasteiger partial charge in [0.25, 0.3) is 0 Å². The Bertz CT molecular complexity index is 352. The second kappa shape index (κ2) is 5.73. The van der Waals surface area contributed by atoms with E-state index < -0.39 is 0 Å². The second-order valence-electron chi connectivity index (χ2n) is 3.25. The first-order valence-corrected chi connectivity index (χ1v) is 5.18. The van der Waals surface area contributed by atoms with Gasteiger partial charge in [0.1, 0.15) is 0 Å². The maximum Gasteiger partial charge on any atom is 0.159 e. The number of carbonyl (C=O) groups is 1. The first kappa shape index (κ1) is 12.0. The van der Waals surface area contributed by atoms with Crippen LogP contribution in [0, 0.1) is 0 Å². The van der Waals surface area contributed by atoms with Crippen LogP contribution in [0.15, 0.2) is 18.2 Å². The van der Waals surface area contributed by atoms with E-state index in [1.165, 1.54) is 6.92 Å². The average Bonchev–Trinajstić information content (AvgIpc) is 2.20. The number of anilines is 1. The van der Waals surface area contributed by atoms with Crippen molar-refractivity contribution < 1.29 is 9.90 Å². The van der Waals surface area contributed by atoms with Crippen LogP contribution in [-0.2, 0) is 0 Å². The molecule has 0 radical (unpaired) electrons. The van der Waals surface area contributed by atoms with Crippen molar-refractivity contribution in [3.05, 3.63) is 28.8 Å². The highest BCUT2D eigenvalue weighted by Gasteiger charge is 2.04. The zero-order valence-corrected chi connectivity index (χ0v) is 9.34. The van der Waals surface area contributed by atoms with Gasteiger partial charge in [0.2, 0.25) is 0 Å². The lowest BCUT2D eigenvalue weighted by molar-refractivity contribution is 0.101. The molecule has 0 amide bonds. The summed E-state index contributed by atoms with van der Waals surface area (Å²) in [6.07, 6.45) is 0.653. The molecule has 1 aromatic rings. The van der Waals surface area contributed by atoms with E-state index in [1.54, 1.807) is 18.2 Å². The fourth-order valence-corrected chi connectivity index (χ4v) is 1.37. The third-order valence-electron chi connectivity index (χ3n) is 2.02. The van der Waals surface area contributed by atoms with Crippen LogP contribution in [0.25, 0.3) is 0 Å². The van der Waals surface area contributed by atoms with Gasteiger partial charge in [-0.05, 0) is 31.5 Å². The molecular weight excluding hydrogens is 214 g/mol. The van der Waals surface area contributed by atoms with E-state index in [4.69, 9.17) is 16.7 Å². The summed E-state index contributed by atoms with van der Waals surface area (Å²) in [4.78, 5) is 11.1. The molecule has 0 aliphatic rings. The number of rotatable bonds is 5. The van der Waals surface area contributed by atoms with E-state index in [9.17, 15) is 4.79 Å². The fourth-order valence-electron chi connectivity index (χ4n) is 1.18. The first-order chi connectivity index (χ1) is 7.15. The van der Waals surface area contributed by atoms with Crippen molar-refractivity contribution in [3.63, 3.8) is 0 Å². The van der Waals surface area contributed by atoms with Crippen LogP contribution in [0.4, 0.5) is 5.69 Å². The Morgan fingerprint density at radius 3 is 2.87 bits per heavy atom. The lowest BCUT2D eigenvalue weighted by atomic mass is 10.1. The summed E-state index contributed by atoms with van der Waals surface area (Å²) in [6, 6.07) is 5.11. The van der Waals surface area contributed by atoms with Gasteiger partial charge in [0.05, 0.1) is 10.7 Å². The van der Waals surface area contributed by atoms with Gasteiger partial charge in [-0.2, -0.15) is 0 Å². The van der Waals surface area contributed by atoms with Crippen LogP contribution in [-0.4, -0.2) is 24.0 Å². The van der Waals surface area contributed by atoms with E-state index in [1.807, 2.05) is 0 Å². The minimum absolute atomic E-state index is 0.0110. The van der Waals surface area contributed by atoms with Crippen molar-refractivity contribution in [2.24, 2.45) is 0 Å². The van der Waals surface area contributed by atoms with Crippen LogP contribution in [0.2, 0.25) is 5.02 Å². The van der Waals surface area contributed by atoms with Crippen molar-refractivity contribution in [1.82, 2.24) is 0 Å². The molecule has 0 bridgehead atoms. The summed E-state index contributed by atoms with van der Waals surface area (Å²) >= 11 is 5.94. The molecule has 4 heteroatoms. The number of benzene rings is 1. The standard InChI is InChI=1S/C11H14ClNO2/c1-8(15)9-3-4-10(12)11(7-9)13-5-2-6-14/h3-4,7,13-14H,2,5-6H2,1H3. The molecular formula is C11H14ClNO2. The number of aliphatic hydroxyl groups is 1. The zero-order valence-electron chi connectivity index (χ0n) is 8.59. The van der Waals surface area contributed by atoms with Crippen molar-refractivity contribution in [2.45, 2.75) is 13.3 Å². The molecule has 0 aromatic heterocycles. The lowest BCUT2D eigenvalue weighted by Gasteiger charge is -2.08. The van der Waals surface area contributed by atoms with Crippen molar-refractivity contribution in [2.75, 3.05) is 18.5 Å². The van der Waals surface area contributed by atoms with Crippen molar-refractivity contribution in [1.29, 1.82) is 0 Å². The second-order valence-corrected chi connectivity index (χ2v) is 3.66. The lowest BCUT2D eigenvalue weighted by Crippen LogP contribution is -2.05. The molecule has 0 aliphatic heterocycles. The fraction of sp³-hybridized carbons (Fsp3) is 0.364. The molecule has 0 unspecified atom stereocenters. The summed E-state index contributed by atoms with van der Waals surface area (Å²) in [5.74, 6) is 0.0110. The number of aliphatic hydroxyl groups excluding tert-OH is 1. The Balaban J connectivity index is 2.76. The molecule has 2 N–H and O–H groups in total. The van der Waals surface area contributed by atoms with Gasteiger partial charge in [-0.25, -0.2) is 0 Å². The zero-order chi connectivity index (χ0) is 11.3. The highest BCUT2D eigenvalue weighted by molar-refractivity contribution is 6.33. The topological polar surface area (TPSA) is 49.3 Å². The molecule has 1 aromatic carbocycles. The highest BCUT2D eigenvalue weighted by Crippen LogP contribution is 2.23. The number of Topliss-reactive ketones (excluding diaryl/α,β-unsaturated/α-hetero) is 1. The quantitative estimate of drug-likeness (QED) is 0.600. The Labute approximate surface area is 94.1 Å². The normalized spacial score (nSPS) is 10.1. The Morgan fingerprint density at radius 1 is 1.53 bits per heavy atom. The Hall–Kier alpha value is -1.06. The molecule has 1 rings (SSSR count). The van der Waals surface area contributed by atoms with E-state index in [2.05, 4.69) is 5.32 Å². The molecule has 0 aliphatic carbocycles. The van der Waals surface area contributed by atoms with Crippen molar-refractivity contribution >= 4 is 23.1 Å². The van der Waals surface area contributed by atoms with Gasteiger partial charge in [-0.15, -0.1) is 0 Å². The Kier molecular flexibility index (Phi) is 4.59. The van der Waals surface area contributed by atoms with Crippen LogP contribution < -0.4 is 5.32 Å². The van der Waals surface area contributed by atoms with Crippen molar-refractivity contribution in [3.8, 4) is 0 Å². The average molecular weight is 228 g/mol. The van der Waals surface area contributed by atoms with Gasteiger partial charge in [-0.3, -0.25) is 4.79 Å². The molecule has 0 spiro atoms. The third kappa shape index (κ3) is 3.53. The van der Waals surface area contributed by atoms with Crippen LogP contribution in [0.5, 0.6) is 0 Å². The van der Waals surface area contributed by atoms with E-state index in [0.717, 1.165) is 5.69 Å². The summed E-state index contributed by atoms with van der Waals surface area (Å²) in [5, 5.41) is 12.3. The molecule has 0 atom stereocenters. The number of hydrogen-bond acceptors (Lipinski definition) is 3. The molecule has 0 saturated carbocycles. The number of carbonyl (C=O) groups excluding carboxylic acids is 1. The molecule has 0 heterocycles. The molecule has 0 fully saturated rings. The SMILES string of the molecule is CC(=O)c1ccc(Cl)c(NCCCO)c1. The maximum absolute atomic E-state index is 11.1. The number of nitrogens with one attached hydrogen (secondary N) is 1.